The van der Waals surface area contributed by atoms with Gasteiger partial charge in [0.1, 0.15) is 0 Å². The summed E-state index contributed by atoms with van der Waals surface area (Å²) in [4.78, 5) is 10.6. The molecule has 2 nitrogen and oxygen atoms in total. The second kappa shape index (κ2) is 10.4. The minimum absolute atomic E-state index is 0.101. The fourth-order valence-electron chi connectivity index (χ4n) is 8.24. The Bertz CT molecular complexity index is 2810. The van der Waals surface area contributed by atoms with Crippen LogP contribution >= 0.6 is 0 Å². The van der Waals surface area contributed by atoms with Gasteiger partial charge < -0.3 is 0 Å². The summed E-state index contributed by atoms with van der Waals surface area (Å²) in [6.45, 7) is 4.73. The van der Waals surface area contributed by atoms with E-state index < -0.39 is 0 Å². The van der Waals surface area contributed by atoms with Crippen molar-refractivity contribution in [3.05, 3.63) is 169 Å². The number of benzene rings is 8. The molecule has 0 unspecified atom stereocenters. The van der Waals surface area contributed by atoms with Crippen LogP contribution < -0.4 is 0 Å². The number of rotatable bonds is 3. The average Bonchev–Trinajstić information content (AvgIpc) is 3.38. The van der Waals surface area contributed by atoms with Crippen LogP contribution in [0, 0.1) is 0 Å². The Kier molecular flexibility index (Phi) is 5.95. The first-order valence-corrected chi connectivity index (χ1v) is 17.0. The molecule has 1 aliphatic rings. The lowest BCUT2D eigenvalue weighted by atomic mass is 9.80. The fraction of sp³-hybridized carbons (Fsp3) is 0.0638. The minimum Gasteiger partial charge on any atom is -0.244 e. The van der Waals surface area contributed by atoms with Gasteiger partial charge in [-0.15, -0.1) is 0 Å². The highest BCUT2D eigenvalue weighted by Crippen LogP contribution is 2.55. The zero-order valence-corrected chi connectivity index (χ0v) is 27.4. The van der Waals surface area contributed by atoms with Gasteiger partial charge in [-0.05, 0) is 90.0 Å². The molecule has 0 radical (unpaired) electrons. The fourth-order valence-corrected chi connectivity index (χ4v) is 8.24. The van der Waals surface area contributed by atoms with E-state index in [9.17, 15) is 0 Å². The van der Waals surface area contributed by atoms with E-state index in [1.807, 2.05) is 12.1 Å². The summed E-state index contributed by atoms with van der Waals surface area (Å²) in [5.41, 5.74) is 13.6. The predicted octanol–water partition coefficient (Wildman–Crippen LogP) is 12.4. The van der Waals surface area contributed by atoms with Gasteiger partial charge in [0, 0.05) is 16.5 Å². The molecule has 10 rings (SSSR count). The zero-order chi connectivity index (χ0) is 32.7. The molecule has 0 amide bonds. The molecule has 0 spiro atoms. The molecule has 0 bridgehead atoms. The van der Waals surface area contributed by atoms with Crippen LogP contribution in [0.3, 0.4) is 0 Å². The second-order valence-electron chi connectivity index (χ2n) is 13.7. The van der Waals surface area contributed by atoms with E-state index in [-0.39, 0.29) is 5.41 Å². The van der Waals surface area contributed by atoms with Crippen LogP contribution in [0.5, 0.6) is 0 Å². The van der Waals surface area contributed by atoms with E-state index in [4.69, 9.17) is 9.97 Å². The van der Waals surface area contributed by atoms with Crippen molar-refractivity contribution in [3.8, 4) is 44.8 Å². The van der Waals surface area contributed by atoms with Gasteiger partial charge in [-0.3, -0.25) is 0 Å². The van der Waals surface area contributed by atoms with Crippen LogP contribution in [0.15, 0.2) is 158 Å². The summed E-state index contributed by atoms with van der Waals surface area (Å²) < 4.78 is 0. The van der Waals surface area contributed by atoms with Crippen LogP contribution in [0.2, 0.25) is 0 Å². The topological polar surface area (TPSA) is 25.8 Å². The lowest BCUT2D eigenvalue weighted by Crippen LogP contribution is -2.14. The monoisotopic (exact) mass is 624 g/mol. The maximum atomic E-state index is 5.35. The Morgan fingerprint density at radius 3 is 1.78 bits per heavy atom. The highest BCUT2D eigenvalue weighted by molar-refractivity contribution is 6.15. The highest BCUT2D eigenvalue weighted by Gasteiger charge is 2.37. The molecule has 230 valence electrons. The summed E-state index contributed by atoms with van der Waals surface area (Å²) in [7, 11) is 0. The van der Waals surface area contributed by atoms with Crippen molar-refractivity contribution in [2.45, 2.75) is 19.3 Å². The van der Waals surface area contributed by atoms with Gasteiger partial charge in [0.25, 0.3) is 0 Å². The van der Waals surface area contributed by atoms with Crippen LogP contribution in [0.4, 0.5) is 0 Å². The first-order valence-electron chi connectivity index (χ1n) is 17.0. The number of para-hydroxylation sites is 2. The zero-order valence-electron chi connectivity index (χ0n) is 27.4. The Hall–Kier alpha value is -6.12. The van der Waals surface area contributed by atoms with Crippen LogP contribution in [-0.4, -0.2) is 9.97 Å². The molecule has 1 aromatic heterocycles. The third kappa shape index (κ3) is 4.14. The van der Waals surface area contributed by atoms with E-state index in [0.29, 0.717) is 0 Å². The molecule has 0 N–H and O–H groups in total. The van der Waals surface area contributed by atoms with E-state index in [1.165, 1.54) is 65.7 Å². The third-order valence-electron chi connectivity index (χ3n) is 10.6. The molecule has 0 aliphatic heterocycles. The summed E-state index contributed by atoms with van der Waals surface area (Å²) in [6.07, 6.45) is 0. The third-order valence-corrected chi connectivity index (χ3v) is 10.6. The molecule has 8 aromatic carbocycles. The van der Waals surface area contributed by atoms with Crippen LogP contribution in [0.25, 0.3) is 88.1 Å². The van der Waals surface area contributed by atoms with Gasteiger partial charge in [-0.25, -0.2) is 9.97 Å². The van der Waals surface area contributed by atoms with E-state index in [0.717, 1.165) is 33.5 Å². The molecule has 1 heterocycles. The van der Waals surface area contributed by atoms with Crippen molar-refractivity contribution in [1.82, 2.24) is 9.97 Å². The molecule has 9 aromatic rings. The SMILES string of the molecule is CC1(C)c2ccccc2-c2c1cc1ccccc1c2-c1ccc(-c2nc3ccccc3nc2-c2ccc3ccccc3c2)c2ccccc12. The van der Waals surface area contributed by atoms with Crippen molar-refractivity contribution in [1.29, 1.82) is 0 Å². The van der Waals surface area contributed by atoms with E-state index in [1.54, 1.807) is 0 Å². The average molecular weight is 625 g/mol. The summed E-state index contributed by atoms with van der Waals surface area (Å²) in [6, 6.07) is 57.0. The predicted molar refractivity (Wildman–Crippen MR) is 206 cm³/mol. The molecule has 0 saturated carbocycles. The van der Waals surface area contributed by atoms with Gasteiger partial charge >= 0.3 is 0 Å². The summed E-state index contributed by atoms with van der Waals surface area (Å²) >= 11 is 0. The number of fused-ring (bicyclic) bond motifs is 7. The van der Waals surface area contributed by atoms with Crippen molar-refractivity contribution < 1.29 is 0 Å². The van der Waals surface area contributed by atoms with Gasteiger partial charge in [0.05, 0.1) is 22.4 Å². The van der Waals surface area contributed by atoms with Gasteiger partial charge in [-0.2, -0.15) is 0 Å². The van der Waals surface area contributed by atoms with Crippen molar-refractivity contribution >= 4 is 43.4 Å². The molecule has 2 heteroatoms. The van der Waals surface area contributed by atoms with Crippen LogP contribution in [0.1, 0.15) is 25.0 Å². The highest BCUT2D eigenvalue weighted by atomic mass is 14.8. The number of hydrogen-bond acceptors (Lipinski definition) is 2. The number of nitrogens with zero attached hydrogens (tertiary/aromatic N) is 2. The van der Waals surface area contributed by atoms with E-state index in [2.05, 4.69) is 159 Å². The Labute approximate surface area is 285 Å². The molecule has 49 heavy (non-hydrogen) atoms. The molecule has 0 fully saturated rings. The lowest BCUT2D eigenvalue weighted by molar-refractivity contribution is 0.661. The van der Waals surface area contributed by atoms with Crippen molar-refractivity contribution in [2.24, 2.45) is 0 Å². The maximum absolute atomic E-state index is 5.35. The number of hydrogen-bond donors (Lipinski definition) is 0. The van der Waals surface area contributed by atoms with Gasteiger partial charge in [0.15, 0.2) is 0 Å². The molecule has 0 saturated heterocycles. The summed E-state index contributed by atoms with van der Waals surface area (Å²) in [5, 5.41) is 7.31. The Balaban J connectivity index is 1.28. The van der Waals surface area contributed by atoms with Crippen molar-refractivity contribution in [2.75, 3.05) is 0 Å². The van der Waals surface area contributed by atoms with Crippen molar-refractivity contribution in [3.63, 3.8) is 0 Å². The molecular formula is C47H32N2. The normalized spacial score (nSPS) is 13.3. The molecule has 0 atom stereocenters. The molecule has 1 aliphatic carbocycles. The van der Waals surface area contributed by atoms with Crippen LogP contribution in [-0.2, 0) is 5.41 Å². The lowest BCUT2D eigenvalue weighted by Gasteiger charge is -2.23. The Morgan fingerprint density at radius 1 is 0.388 bits per heavy atom. The molecular weight excluding hydrogens is 593 g/mol. The summed E-state index contributed by atoms with van der Waals surface area (Å²) in [5.74, 6) is 0. The number of aromatic nitrogens is 2. The first kappa shape index (κ1) is 27.9. The maximum Gasteiger partial charge on any atom is 0.0979 e. The smallest absolute Gasteiger partial charge is 0.0979 e. The standard InChI is InChI=1S/C47H32N2/c1-47(2)39-20-10-9-19-38(39)44-40(47)28-31-15-5-6-16-33(31)43(44)36-25-26-37(35-18-8-7-17-34(35)36)46-45(48-41-21-11-12-22-42(41)49-46)32-24-23-29-13-3-4-14-30(29)27-32/h3-28H,1-2H3. The van der Waals surface area contributed by atoms with Gasteiger partial charge in [-0.1, -0.05) is 147 Å². The van der Waals surface area contributed by atoms with E-state index >= 15 is 0 Å². The quantitative estimate of drug-likeness (QED) is 0.195. The first-order chi connectivity index (χ1) is 24.1. The van der Waals surface area contributed by atoms with Gasteiger partial charge in [0.2, 0.25) is 0 Å². The largest absolute Gasteiger partial charge is 0.244 e. The minimum atomic E-state index is -0.101. The second-order valence-corrected chi connectivity index (χ2v) is 13.7. The Morgan fingerprint density at radius 2 is 0.980 bits per heavy atom.